The number of nitrogens with one attached hydrogen (secondary N) is 1. The Morgan fingerprint density at radius 2 is 2.38 bits per heavy atom. The van der Waals surface area contributed by atoms with Gasteiger partial charge in [-0.25, -0.2) is 4.98 Å². The summed E-state index contributed by atoms with van der Waals surface area (Å²) in [6, 6.07) is 0. The van der Waals surface area contributed by atoms with Gasteiger partial charge in [-0.3, -0.25) is 4.79 Å². The van der Waals surface area contributed by atoms with Crippen molar-refractivity contribution in [1.29, 1.82) is 0 Å². The Balaban J connectivity index is 1.97. The van der Waals surface area contributed by atoms with Gasteiger partial charge >= 0.3 is 0 Å². The van der Waals surface area contributed by atoms with Crippen LogP contribution in [0.5, 0.6) is 5.75 Å². The molecular weight excluding hydrogens is 288 g/mol. The summed E-state index contributed by atoms with van der Waals surface area (Å²) < 4.78 is 7.33. The molecule has 0 unspecified atom stereocenters. The van der Waals surface area contributed by atoms with E-state index in [1.54, 1.807) is 19.6 Å². The van der Waals surface area contributed by atoms with Crippen molar-refractivity contribution >= 4 is 27.8 Å². The van der Waals surface area contributed by atoms with Gasteiger partial charge in [-0.15, -0.1) is 11.3 Å². The monoisotopic (exact) mass is 308 g/mol. The van der Waals surface area contributed by atoms with E-state index in [9.17, 15) is 4.79 Å². The predicted molar refractivity (Wildman–Crippen MR) is 85.2 cm³/mol. The van der Waals surface area contributed by atoms with Gasteiger partial charge in [-0.1, -0.05) is 6.92 Å². The van der Waals surface area contributed by atoms with Crippen LogP contribution in [0.3, 0.4) is 0 Å². The van der Waals surface area contributed by atoms with Crippen LogP contribution < -0.4 is 15.8 Å². The number of carbonyl (C=O) groups excluding carboxylic acids is 1. The fourth-order valence-corrected chi connectivity index (χ4v) is 3.12. The third-order valence-electron chi connectivity index (χ3n) is 3.12. The SMILES string of the molecule is CCC(=O)c1sc(NCCCn2ccnc2)c(OC)c1N. The van der Waals surface area contributed by atoms with Crippen LogP contribution in [0.2, 0.25) is 0 Å². The third-order valence-corrected chi connectivity index (χ3v) is 4.30. The summed E-state index contributed by atoms with van der Waals surface area (Å²) in [7, 11) is 1.56. The number of nitrogens with zero attached hydrogens (tertiary/aromatic N) is 2. The maximum atomic E-state index is 11.8. The van der Waals surface area contributed by atoms with Gasteiger partial charge in [0.05, 0.1) is 24.0 Å². The van der Waals surface area contributed by atoms with Crippen molar-refractivity contribution < 1.29 is 9.53 Å². The number of carbonyl (C=O) groups is 1. The summed E-state index contributed by atoms with van der Waals surface area (Å²) in [5.74, 6) is 0.613. The Morgan fingerprint density at radius 1 is 1.57 bits per heavy atom. The minimum absolute atomic E-state index is 0.0438. The van der Waals surface area contributed by atoms with E-state index < -0.39 is 0 Å². The summed E-state index contributed by atoms with van der Waals surface area (Å²) in [4.78, 5) is 16.4. The molecule has 3 N–H and O–H groups in total. The zero-order valence-corrected chi connectivity index (χ0v) is 13.1. The number of nitrogens with two attached hydrogens (primary N) is 1. The molecule has 2 heterocycles. The average molecular weight is 308 g/mol. The lowest BCUT2D eigenvalue weighted by atomic mass is 10.2. The first kappa shape index (κ1) is 15.4. The molecule has 0 aliphatic carbocycles. The molecule has 114 valence electrons. The van der Waals surface area contributed by atoms with Crippen molar-refractivity contribution in [2.75, 3.05) is 24.7 Å². The molecular formula is C14H20N4O2S. The third kappa shape index (κ3) is 3.55. The maximum Gasteiger partial charge on any atom is 0.176 e. The van der Waals surface area contributed by atoms with Crippen LogP contribution in [0.4, 0.5) is 10.7 Å². The molecule has 7 heteroatoms. The number of nitrogen functional groups attached to an aromatic ring is 1. The van der Waals surface area contributed by atoms with E-state index in [4.69, 9.17) is 10.5 Å². The molecule has 0 saturated heterocycles. The summed E-state index contributed by atoms with van der Waals surface area (Å²) in [6.45, 7) is 3.48. The molecule has 0 aliphatic heterocycles. The van der Waals surface area contributed by atoms with Gasteiger partial charge < -0.3 is 20.4 Å². The quantitative estimate of drug-likeness (QED) is 0.578. The molecule has 0 spiro atoms. The van der Waals surface area contributed by atoms with E-state index in [1.165, 1.54) is 11.3 Å². The Kier molecular flexibility index (Phi) is 5.21. The van der Waals surface area contributed by atoms with Crippen LogP contribution in [0.1, 0.15) is 29.4 Å². The molecule has 0 radical (unpaired) electrons. The fraction of sp³-hybridized carbons (Fsp3) is 0.429. The summed E-state index contributed by atoms with van der Waals surface area (Å²) in [6.07, 6.45) is 6.87. The molecule has 2 rings (SSSR count). The van der Waals surface area contributed by atoms with Crippen LogP contribution in [-0.2, 0) is 6.54 Å². The molecule has 0 fully saturated rings. The molecule has 0 saturated carbocycles. The Hall–Kier alpha value is -2.02. The van der Waals surface area contributed by atoms with Gasteiger partial charge in [0.1, 0.15) is 5.00 Å². The number of aromatic nitrogens is 2. The average Bonchev–Trinajstić information content (AvgIpc) is 3.10. The number of ketones is 1. The number of anilines is 2. The van der Waals surface area contributed by atoms with Gasteiger partial charge in [0.15, 0.2) is 11.5 Å². The van der Waals surface area contributed by atoms with Gasteiger partial charge in [-0.2, -0.15) is 0 Å². The Bertz CT molecular complexity index is 592. The van der Waals surface area contributed by atoms with Crippen molar-refractivity contribution in [3.05, 3.63) is 23.6 Å². The standard InChI is InChI=1S/C14H20N4O2S/c1-3-10(19)13-11(15)12(20-2)14(21-13)17-5-4-7-18-8-6-16-9-18/h6,8-9,17H,3-5,7,15H2,1-2H3. The first-order valence-corrected chi connectivity index (χ1v) is 7.68. The predicted octanol–water partition coefficient (Wildman–Crippen LogP) is 2.63. The number of ether oxygens (including phenoxy) is 1. The second-order valence-corrected chi connectivity index (χ2v) is 5.59. The van der Waals surface area contributed by atoms with Crippen molar-refractivity contribution in [1.82, 2.24) is 9.55 Å². The Labute approximate surface area is 127 Å². The minimum atomic E-state index is 0.0438. The fourth-order valence-electron chi connectivity index (χ4n) is 2.00. The summed E-state index contributed by atoms with van der Waals surface area (Å²) >= 11 is 1.36. The lowest BCUT2D eigenvalue weighted by Gasteiger charge is -2.07. The highest BCUT2D eigenvalue weighted by Crippen LogP contribution is 2.42. The first-order valence-electron chi connectivity index (χ1n) is 6.86. The zero-order chi connectivity index (χ0) is 15.2. The molecule has 0 bridgehead atoms. The molecule has 0 aliphatic rings. The largest absolute Gasteiger partial charge is 0.492 e. The van der Waals surface area contributed by atoms with Crippen LogP contribution in [0, 0.1) is 0 Å². The van der Waals surface area contributed by atoms with Crippen molar-refractivity contribution in [3.8, 4) is 5.75 Å². The van der Waals surface area contributed by atoms with Crippen molar-refractivity contribution in [2.24, 2.45) is 0 Å². The summed E-state index contributed by atoms with van der Waals surface area (Å²) in [5, 5.41) is 4.11. The number of hydrogen-bond donors (Lipinski definition) is 2. The smallest absolute Gasteiger partial charge is 0.176 e. The van der Waals surface area contributed by atoms with E-state index in [0.29, 0.717) is 22.7 Å². The van der Waals surface area contributed by atoms with Crippen LogP contribution >= 0.6 is 11.3 Å². The van der Waals surface area contributed by atoms with E-state index >= 15 is 0 Å². The number of thiophene rings is 1. The molecule has 6 nitrogen and oxygen atoms in total. The lowest BCUT2D eigenvalue weighted by Crippen LogP contribution is -2.05. The molecule has 2 aromatic rings. The number of imidazole rings is 1. The summed E-state index contributed by atoms with van der Waals surface area (Å²) in [5.41, 5.74) is 6.42. The van der Waals surface area contributed by atoms with E-state index in [1.807, 2.05) is 17.7 Å². The maximum absolute atomic E-state index is 11.8. The number of Topliss-reactive ketones (excluding diaryl/α,β-unsaturated/α-hetero) is 1. The minimum Gasteiger partial charge on any atom is -0.492 e. The molecule has 0 atom stereocenters. The highest BCUT2D eigenvalue weighted by atomic mass is 32.1. The van der Waals surface area contributed by atoms with Gasteiger partial charge in [0, 0.05) is 31.9 Å². The second kappa shape index (κ2) is 7.12. The molecule has 0 aromatic carbocycles. The zero-order valence-electron chi connectivity index (χ0n) is 12.3. The first-order chi connectivity index (χ1) is 10.2. The Morgan fingerprint density at radius 3 is 3.00 bits per heavy atom. The number of rotatable bonds is 8. The topological polar surface area (TPSA) is 82.2 Å². The van der Waals surface area contributed by atoms with E-state index in [-0.39, 0.29) is 5.78 Å². The normalized spacial score (nSPS) is 10.6. The van der Waals surface area contributed by atoms with Crippen molar-refractivity contribution in [3.63, 3.8) is 0 Å². The molecule has 21 heavy (non-hydrogen) atoms. The molecule has 2 aromatic heterocycles. The van der Waals surface area contributed by atoms with E-state index in [0.717, 1.165) is 24.5 Å². The highest BCUT2D eigenvalue weighted by molar-refractivity contribution is 7.19. The molecule has 0 amide bonds. The van der Waals surface area contributed by atoms with Crippen LogP contribution in [-0.4, -0.2) is 29.0 Å². The van der Waals surface area contributed by atoms with Crippen LogP contribution in [0.25, 0.3) is 0 Å². The van der Waals surface area contributed by atoms with Gasteiger partial charge in [-0.05, 0) is 6.42 Å². The van der Waals surface area contributed by atoms with Crippen molar-refractivity contribution in [2.45, 2.75) is 26.3 Å². The van der Waals surface area contributed by atoms with Gasteiger partial charge in [0.2, 0.25) is 0 Å². The van der Waals surface area contributed by atoms with Crippen LogP contribution in [0.15, 0.2) is 18.7 Å². The lowest BCUT2D eigenvalue weighted by molar-refractivity contribution is 0.0992. The highest BCUT2D eigenvalue weighted by Gasteiger charge is 2.20. The number of methoxy groups -OCH3 is 1. The number of aryl methyl sites for hydroxylation is 1. The number of hydrogen-bond acceptors (Lipinski definition) is 6. The second-order valence-electron chi connectivity index (χ2n) is 4.56. The van der Waals surface area contributed by atoms with Gasteiger partial charge in [0.25, 0.3) is 0 Å². The van der Waals surface area contributed by atoms with E-state index in [2.05, 4.69) is 10.3 Å².